The average Bonchev–Trinajstić information content (AvgIpc) is 3.06. The maximum atomic E-state index is 11.8. The molecule has 3 rings (SSSR count). The predicted molar refractivity (Wildman–Crippen MR) is 77.6 cm³/mol. The molecule has 0 amide bonds. The average molecular weight is 271 g/mol. The van der Waals surface area contributed by atoms with Gasteiger partial charge in [-0.05, 0) is 29.1 Å². The molecule has 2 aromatic heterocycles. The first-order valence-corrected chi connectivity index (χ1v) is 6.80. The molecule has 0 saturated heterocycles. The van der Waals surface area contributed by atoms with Gasteiger partial charge in [-0.2, -0.15) is 0 Å². The number of ether oxygens (including phenoxy) is 1. The molecule has 0 N–H and O–H groups in total. The molecule has 0 aliphatic heterocycles. The SMILES string of the molecule is COC(=O)c1cn(C)c2ccc(-c3cccs3)cc12. The molecule has 2 heterocycles. The zero-order valence-corrected chi connectivity index (χ0v) is 11.5. The molecule has 3 aromatic rings. The molecule has 0 fully saturated rings. The lowest BCUT2D eigenvalue weighted by atomic mass is 10.1. The highest BCUT2D eigenvalue weighted by Gasteiger charge is 2.15. The minimum atomic E-state index is -0.297. The fourth-order valence-electron chi connectivity index (χ4n) is 2.26. The van der Waals surface area contributed by atoms with E-state index in [4.69, 9.17) is 4.74 Å². The van der Waals surface area contributed by atoms with Gasteiger partial charge in [0.1, 0.15) is 0 Å². The number of methoxy groups -OCH3 is 1. The second kappa shape index (κ2) is 4.55. The Kier molecular flexibility index (Phi) is 2.87. The Morgan fingerprint density at radius 2 is 2.16 bits per heavy atom. The third kappa shape index (κ3) is 1.94. The van der Waals surface area contributed by atoms with Gasteiger partial charge < -0.3 is 9.30 Å². The van der Waals surface area contributed by atoms with Gasteiger partial charge in [-0.3, -0.25) is 0 Å². The van der Waals surface area contributed by atoms with Gasteiger partial charge in [0.25, 0.3) is 0 Å². The van der Waals surface area contributed by atoms with Crippen LogP contribution < -0.4 is 0 Å². The molecule has 0 atom stereocenters. The summed E-state index contributed by atoms with van der Waals surface area (Å²) < 4.78 is 6.78. The molecular weight excluding hydrogens is 258 g/mol. The van der Waals surface area contributed by atoms with Gasteiger partial charge in [-0.25, -0.2) is 4.79 Å². The number of thiophene rings is 1. The first-order valence-electron chi connectivity index (χ1n) is 5.92. The molecule has 0 aliphatic rings. The van der Waals surface area contributed by atoms with Crippen LogP contribution in [0, 0.1) is 0 Å². The number of aryl methyl sites for hydroxylation is 1. The maximum absolute atomic E-state index is 11.8. The highest BCUT2D eigenvalue weighted by atomic mass is 32.1. The third-order valence-electron chi connectivity index (χ3n) is 3.20. The Morgan fingerprint density at radius 1 is 1.32 bits per heavy atom. The largest absolute Gasteiger partial charge is 0.465 e. The van der Waals surface area contributed by atoms with Gasteiger partial charge in [-0.15, -0.1) is 11.3 Å². The smallest absolute Gasteiger partial charge is 0.340 e. The van der Waals surface area contributed by atoms with Crippen molar-refractivity contribution in [3.8, 4) is 10.4 Å². The topological polar surface area (TPSA) is 31.2 Å². The van der Waals surface area contributed by atoms with E-state index in [1.165, 1.54) is 12.0 Å². The Morgan fingerprint density at radius 3 is 2.84 bits per heavy atom. The second-order valence-corrected chi connectivity index (χ2v) is 5.30. The summed E-state index contributed by atoms with van der Waals surface area (Å²) in [5.74, 6) is -0.297. The number of benzene rings is 1. The van der Waals surface area contributed by atoms with Gasteiger partial charge in [0, 0.05) is 29.0 Å². The van der Waals surface area contributed by atoms with Crippen molar-refractivity contribution in [2.24, 2.45) is 7.05 Å². The number of carbonyl (C=O) groups is 1. The van der Waals surface area contributed by atoms with Gasteiger partial charge >= 0.3 is 5.97 Å². The maximum Gasteiger partial charge on any atom is 0.340 e. The number of carbonyl (C=O) groups excluding carboxylic acids is 1. The van der Waals surface area contributed by atoms with Crippen molar-refractivity contribution in [1.82, 2.24) is 4.57 Å². The Hall–Kier alpha value is -2.07. The number of rotatable bonds is 2. The quantitative estimate of drug-likeness (QED) is 0.666. The van der Waals surface area contributed by atoms with Crippen LogP contribution in [0.15, 0.2) is 41.9 Å². The Bertz CT molecular complexity index is 741. The molecule has 0 radical (unpaired) electrons. The van der Waals surface area contributed by atoms with Crippen LogP contribution in [-0.2, 0) is 11.8 Å². The number of fused-ring (bicyclic) bond motifs is 1. The zero-order valence-electron chi connectivity index (χ0n) is 10.7. The van der Waals surface area contributed by atoms with E-state index in [0.29, 0.717) is 5.56 Å². The van der Waals surface area contributed by atoms with Crippen LogP contribution in [-0.4, -0.2) is 17.6 Å². The van der Waals surface area contributed by atoms with Crippen molar-refractivity contribution in [3.05, 3.63) is 47.5 Å². The van der Waals surface area contributed by atoms with Crippen LogP contribution in [0.2, 0.25) is 0 Å². The number of hydrogen-bond donors (Lipinski definition) is 0. The predicted octanol–water partition coefficient (Wildman–Crippen LogP) is 3.69. The number of aromatic nitrogens is 1. The van der Waals surface area contributed by atoms with Crippen LogP contribution in [0.5, 0.6) is 0 Å². The summed E-state index contributed by atoms with van der Waals surface area (Å²) in [6.07, 6.45) is 1.81. The van der Waals surface area contributed by atoms with E-state index in [0.717, 1.165) is 16.5 Å². The summed E-state index contributed by atoms with van der Waals surface area (Å²) in [4.78, 5) is 13.0. The van der Waals surface area contributed by atoms with Crippen LogP contribution in [0.3, 0.4) is 0 Å². The van der Waals surface area contributed by atoms with E-state index in [2.05, 4.69) is 12.1 Å². The summed E-state index contributed by atoms with van der Waals surface area (Å²) in [6, 6.07) is 10.3. The first-order chi connectivity index (χ1) is 9.20. The first kappa shape index (κ1) is 12.0. The molecular formula is C15H13NO2S. The van der Waals surface area contributed by atoms with E-state index >= 15 is 0 Å². The second-order valence-electron chi connectivity index (χ2n) is 4.35. The molecule has 1 aromatic carbocycles. The zero-order chi connectivity index (χ0) is 13.4. The van der Waals surface area contributed by atoms with Crippen LogP contribution in [0.25, 0.3) is 21.3 Å². The van der Waals surface area contributed by atoms with Crippen molar-refractivity contribution in [2.45, 2.75) is 0 Å². The Labute approximate surface area is 115 Å². The number of nitrogens with zero attached hydrogens (tertiary/aromatic N) is 1. The molecule has 0 aliphatic carbocycles. The molecule has 96 valence electrons. The van der Waals surface area contributed by atoms with Gasteiger partial charge in [0.05, 0.1) is 12.7 Å². The van der Waals surface area contributed by atoms with Crippen LogP contribution in [0.4, 0.5) is 0 Å². The number of esters is 1. The van der Waals surface area contributed by atoms with Crippen molar-refractivity contribution >= 4 is 28.2 Å². The fraction of sp³-hybridized carbons (Fsp3) is 0.133. The highest BCUT2D eigenvalue weighted by molar-refractivity contribution is 7.13. The standard InChI is InChI=1S/C15H13NO2S/c1-16-9-12(15(17)18-2)11-8-10(5-6-13(11)16)14-4-3-7-19-14/h3-9H,1-2H3. The molecule has 0 spiro atoms. The van der Waals surface area contributed by atoms with Crippen molar-refractivity contribution in [3.63, 3.8) is 0 Å². The van der Waals surface area contributed by atoms with Crippen LogP contribution in [0.1, 0.15) is 10.4 Å². The van der Waals surface area contributed by atoms with E-state index < -0.39 is 0 Å². The minimum Gasteiger partial charge on any atom is -0.465 e. The molecule has 3 nitrogen and oxygen atoms in total. The minimum absolute atomic E-state index is 0.297. The lowest BCUT2D eigenvalue weighted by Gasteiger charge is -2.01. The van der Waals surface area contributed by atoms with Crippen molar-refractivity contribution in [2.75, 3.05) is 7.11 Å². The van der Waals surface area contributed by atoms with Gasteiger partial charge in [0.2, 0.25) is 0 Å². The van der Waals surface area contributed by atoms with E-state index in [-0.39, 0.29) is 5.97 Å². The molecule has 0 saturated carbocycles. The van der Waals surface area contributed by atoms with Gasteiger partial charge in [0.15, 0.2) is 0 Å². The summed E-state index contributed by atoms with van der Waals surface area (Å²) in [7, 11) is 3.34. The van der Waals surface area contributed by atoms with Crippen molar-refractivity contribution in [1.29, 1.82) is 0 Å². The van der Waals surface area contributed by atoms with E-state index in [1.54, 1.807) is 11.3 Å². The summed E-state index contributed by atoms with van der Waals surface area (Å²) in [6.45, 7) is 0. The van der Waals surface area contributed by atoms with Gasteiger partial charge in [-0.1, -0.05) is 12.1 Å². The summed E-state index contributed by atoms with van der Waals surface area (Å²) >= 11 is 1.69. The van der Waals surface area contributed by atoms with Crippen LogP contribution >= 0.6 is 11.3 Å². The van der Waals surface area contributed by atoms with E-state index in [9.17, 15) is 4.79 Å². The molecule has 0 unspecified atom stereocenters. The molecule has 4 heteroatoms. The van der Waals surface area contributed by atoms with Crippen molar-refractivity contribution < 1.29 is 9.53 Å². The molecule has 19 heavy (non-hydrogen) atoms. The fourth-order valence-corrected chi connectivity index (χ4v) is 2.98. The third-order valence-corrected chi connectivity index (χ3v) is 4.12. The lowest BCUT2D eigenvalue weighted by Crippen LogP contribution is -1.99. The monoisotopic (exact) mass is 271 g/mol. The number of hydrogen-bond acceptors (Lipinski definition) is 3. The Balaban J connectivity index is 2.24. The summed E-state index contributed by atoms with van der Waals surface area (Å²) in [5, 5.41) is 2.98. The van der Waals surface area contributed by atoms with E-state index in [1.807, 2.05) is 41.4 Å². The highest BCUT2D eigenvalue weighted by Crippen LogP contribution is 2.30. The lowest BCUT2D eigenvalue weighted by molar-refractivity contribution is 0.0603. The normalized spacial score (nSPS) is 10.8. The molecule has 0 bridgehead atoms. The summed E-state index contributed by atoms with van der Waals surface area (Å²) in [5.41, 5.74) is 2.76.